The van der Waals surface area contributed by atoms with Crippen molar-refractivity contribution >= 4 is 39.3 Å². The van der Waals surface area contributed by atoms with Gasteiger partial charge in [-0.25, -0.2) is 13.6 Å². The lowest BCUT2D eigenvalue weighted by Gasteiger charge is -2.26. The van der Waals surface area contributed by atoms with Gasteiger partial charge in [0.1, 0.15) is 0 Å². The van der Waals surface area contributed by atoms with E-state index in [1.165, 1.54) is 12.1 Å². The summed E-state index contributed by atoms with van der Waals surface area (Å²) in [6.45, 7) is 0. The monoisotopic (exact) mass is 410 g/mol. The Kier molecular flexibility index (Phi) is 5.92. The highest BCUT2D eigenvalue weighted by Crippen LogP contribution is 2.37. The van der Waals surface area contributed by atoms with Crippen molar-refractivity contribution in [2.45, 2.75) is 35.1 Å². The number of fused-ring (bicyclic) bond motifs is 1. The summed E-state index contributed by atoms with van der Waals surface area (Å²) >= 11 is 7.86. The number of hydrogen-bond donors (Lipinski definition) is 2. The van der Waals surface area contributed by atoms with Gasteiger partial charge in [-0.1, -0.05) is 23.7 Å². The second-order valence-electron chi connectivity index (χ2n) is 6.13. The first kappa shape index (κ1) is 19.2. The van der Waals surface area contributed by atoms with E-state index in [2.05, 4.69) is 5.32 Å². The molecule has 1 heterocycles. The molecule has 0 radical (unpaired) electrons. The first-order valence-electron chi connectivity index (χ1n) is 8.16. The second kappa shape index (κ2) is 8.00. The van der Waals surface area contributed by atoms with Crippen molar-refractivity contribution in [3.63, 3.8) is 0 Å². The Hall–Kier alpha value is -1.54. The number of hydrogen-bond acceptors (Lipinski definition) is 4. The van der Waals surface area contributed by atoms with Crippen molar-refractivity contribution in [2.75, 3.05) is 5.75 Å². The minimum atomic E-state index is -3.69. The van der Waals surface area contributed by atoms with Gasteiger partial charge in [0.25, 0.3) is 0 Å². The summed E-state index contributed by atoms with van der Waals surface area (Å²) in [7, 11) is -3.69. The molecule has 1 amide bonds. The zero-order chi connectivity index (χ0) is 18.7. The van der Waals surface area contributed by atoms with Gasteiger partial charge in [0, 0.05) is 22.1 Å². The van der Waals surface area contributed by atoms with Crippen molar-refractivity contribution in [3.05, 3.63) is 58.6 Å². The van der Waals surface area contributed by atoms with Gasteiger partial charge in [-0.2, -0.15) is 0 Å². The van der Waals surface area contributed by atoms with E-state index in [0.29, 0.717) is 17.9 Å². The van der Waals surface area contributed by atoms with Crippen molar-refractivity contribution in [1.82, 2.24) is 5.32 Å². The summed E-state index contributed by atoms with van der Waals surface area (Å²) in [4.78, 5) is 13.6. The van der Waals surface area contributed by atoms with Crippen molar-refractivity contribution in [2.24, 2.45) is 5.14 Å². The molecule has 138 valence electrons. The third-order valence-electron chi connectivity index (χ3n) is 4.24. The van der Waals surface area contributed by atoms with Crippen LogP contribution >= 0.6 is 23.4 Å². The van der Waals surface area contributed by atoms with Crippen molar-refractivity contribution in [3.8, 4) is 0 Å². The van der Waals surface area contributed by atoms with Gasteiger partial charge in [0.15, 0.2) is 0 Å². The van der Waals surface area contributed by atoms with Crippen LogP contribution in [0.25, 0.3) is 0 Å². The predicted octanol–water partition coefficient (Wildman–Crippen LogP) is 3.27. The van der Waals surface area contributed by atoms with E-state index in [9.17, 15) is 13.2 Å². The quantitative estimate of drug-likeness (QED) is 0.791. The molecule has 1 unspecified atom stereocenters. The molecule has 8 heteroatoms. The van der Waals surface area contributed by atoms with Gasteiger partial charge in [0.05, 0.1) is 10.9 Å². The van der Waals surface area contributed by atoms with E-state index >= 15 is 0 Å². The molecule has 2 aromatic rings. The summed E-state index contributed by atoms with van der Waals surface area (Å²) in [5, 5.41) is 8.83. The van der Waals surface area contributed by atoms with E-state index in [-0.39, 0.29) is 16.8 Å². The summed E-state index contributed by atoms with van der Waals surface area (Å²) in [6, 6.07) is 12.0. The normalized spacial score (nSPS) is 16.8. The fourth-order valence-corrected chi connectivity index (χ4v) is 4.69. The molecule has 0 saturated carbocycles. The third-order valence-corrected chi connectivity index (χ3v) is 6.53. The number of halogens is 1. The zero-order valence-electron chi connectivity index (χ0n) is 13.9. The van der Waals surface area contributed by atoms with Crippen molar-refractivity contribution in [1.29, 1.82) is 0 Å². The Bertz CT molecular complexity index is 915. The fraction of sp³-hybridized carbons (Fsp3) is 0.278. The van der Waals surface area contributed by atoms with E-state index < -0.39 is 10.0 Å². The number of rotatable bonds is 5. The Morgan fingerprint density at radius 3 is 2.65 bits per heavy atom. The van der Waals surface area contributed by atoms with Crippen LogP contribution in [0.5, 0.6) is 0 Å². The molecule has 0 aromatic heterocycles. The first-order chi connectivity index (χ1) is 12.3. The molecular formula is C18H19ClN2O3S2. The number of carbonyl (C=O) groups is 1. The van der Waals surface area contributed by atoms with E-state index in [1.54, 1.807) is 23.9 Å². The highest BCUT2D eigenvalue weighted by atomic mass is 35.5. The molecule has 0 bridgehead atoms. The number of nitrogens with one attached hydrogen (secondary N) is 1. The highest BCUT2D eigenvalue weighted by Gasteiger charge is 2.22. The standard InChI is InChI=1S/C18H19ClN2O3S2/c19-13-4-7-17-15(11-13)16(9-10-25-17)21-18(22)8-3-12-1-5-14(6-2-12)26(20,23)24/h1-2,4-7,11,16H,3,8-10H2,(H,21,22)(H2,20,23,24). The minimum absolute atomic E-state index is 0.0257. The lowest BCUT2D eigenvalue weighted by Crippen LogP contribution is -2.30. The Morgan fingerprint density at radius 2 is 1.96 bits per heavy atom. The molecule has 3 N–H and O–H groups in total. The van der Waals surface area contributed by atoms with E-state index in [1.807, 2.05) is 18.2 Å². The molecule has 1 atom stereocenters. The first-order valence-corrected chi connectivity index (χ1v) is 11.1. The summed E-state index contributed by atoms with van der Waals surface area (Å²) < 4.78 is 22.5. The molecule has 1 aliphatic rings. The maximum atomic E-state index is 12.3. The second-order valence-corrected chi connectivity index (χ2v) is 9.26. The average Bonchev–Trinajstić information content (AvgIpc) is 2.60. The largest absolute Gasteiger partial charge is 0.349 e. The number of amides is 1. The zero-order valence-corrected chi connectivity index (χ0v) is 16.3. The van der Waals surface area contributed by atoms with Crippen LogP contribution < -0.4 is 10.5 Å². The number of primary sulfonamides is 1. The Balaban J connectivity index is 1.59. The maximum Gasteiger partial charge on any atom is 0.238 e. The molecule has 0 fully saturated rings. The molecule has 5 nitrogen and oxygen atoms in total. The van der Waals surface area contributed by atoms with Gasteiger partial charge >= 0.3 is 0 Å². The van der Waals surface area contributed by atoms with Gasteiger partial charge in [0.2, 0.25) is 15.9 Å². The van der Waals surface area contributed by atoms with Gasteiger partial charge in [-0.05, 0) is 54.3 Å². The number of nitrogens with two attached hydrogens (primary N) is 1. The van der Waals surface area contributed by atoms with Crippen LogP contribution in [0.4, 0.5) is 0 Å². The molecule has 3 rings (SSSR count). The van der Waals surface area contributed by atoms with Gasteiger partial charge < -0.3 is 5.32 Å². The van der Waals surface area contributed by atoms with E-state index in [0.717, 1.165) is 28.2 Å². The third kappa shape index (κ3) is 4.79. The van der Waals surface area contributed by atoms with Crippen LogP contribution in [0.3, 0.4) is 0 Å². The number of aryl methyl sites for hydroxylation is 1. The fourth-order valence-electron chi connectivity index (χ4n) is 2.89. The smallest absolute Gasteiger partial charge is 0.238 e. The predicted molar refractivity (Wildman–Crippen MR) is 104 cm³/mol. The SMILES string of the molecule is NS(=O)(=O)c1ccc(CCC(=O)NC2CCSc3ccc(Cl)cc32)cc1. The highest BCUT2D eigenvalue weighted by molar-refractivity contribution is 7.99. The Morgan fingerprint density at radius 1 is 1.23 bits per heavy atom. The van der Waals surface area contributed by atoms with Crippen LogP contribution in [-0.2, 0) is 21.2 Å². The van der Waals surface area contributed by atoms with Gasteiger partial charge in [-0.3, -0.25) is 4.79 Å². The number of thioether (sulfide) groups is 1. The number of benzene rings is 2. The maximum absolute atomic E-state index is 12.3. The summed E-state index contributed by atoms with van der Waals surface area (Å²) in [5.41, 5.74) is 1.95. The number of carbonyl (C=O) groups excluding carboxylic acids is 1. The molecule has 1 aliphatic heterocycles. The summed E-state index contributed by atoms with van der Waals surface area (Å²) in [6.07, 6.45) is 1.72. The average molecular weight is 411 g/mol. The van der Waals surface area contributed by atoms with Crippen LogP contribution in [0, 0.1) is 0 Å². The molecular weight excluding hydrogens is 392 g/mol. The lowest BCUT2D eigenvalue weighted by molar-refractivity contribution is -0.121. The van der Waals surface area contributed by atoms with Crippen LogP contribution in [0.1, 0.15) is 30.0 Å². The summed E-state index contributed by atoms with van der Waals surface area (Å²) in [5.74, 6) is 0.914. The molecule has 0 spiro atoms. The van der Waals surface area contributed by atoms with Crippen LogP contribution in [-0.4, -0.2) is 20.1 Å². The van der Waals surface area contributed by atoms with Crippen LogP contribution in [0.15, 0.2) is 52.3 Å². The molecule has 26 heavy (non-hydrogen) atoms. The molecule has 2 aromatic carbocycles. The lowest BCUT2D eigenvalue weighted by atomic mass is 10.0. The van der Waals surface area contributed by atoms with E-state index in [4.69, 9.17) is 16.7 Å². The number of sulfonamides is 1. The molecule has 0 saturated heterocycles. The Labute approximate surface area is 162 Å². The topological polar surface area (TPSA) is 89.3 Å². The van der Waals surface area contributed by atoms with Crippen LogP contribution in [0.2, 0.25) is 5.02 Å². The minimum Gasteiger partial charge on any atom is -0.349 e. The van der Waals surface area contributed by atoms with Crippen molar-refractivity contribution < 1.29 is 13.2 Å². The van der Waals surface area contributed by atoms with Gasteiger partial charge in [-0.15, -0.1) is 11.8 Å². The molecule has 0 aliphatic carbocycles.